The molecule has 0 bridgehead atoms. The summed E-state index contributed by atoms with van der Waals surface area (Å²) >= 11 is 0. The molecule has 0 saturated carbocycles. The van der Waals surface area contributed by atoms with Crippen LogP contribution < -0.4 is 0 Å². The van der Waals surface area contributed by atoms with E-state index in [9.17, 15) is 0 Å². The maximum absolute atomic E-state index is 3.76. The van der Waals surface area contributed by atoms with E-state index in [2.05, 4.69) is 44.3 Å². The quantitative estimate of drug-likeness (QED) is 0.614. The highest BCUT2D eigenvalue weighted by molar-refractivity contribution is 5.74. The van der Waals surface area contributed by atoms with Crippen LogP contribution in [-0.4, -0.2) is 0 Å². The molecule has 1 rings (SSSR count). The topological polar surface area (TPSA) is 0 Å². The minimum atomic E-state index is 0. The second-order valence-electron chi connectivity index (χ2n) is 2.93. The molecule has 1 aromatic carbocycles. The monoisotopic (exact) mass is 186 g/mol. The molecule has 0 unspecified atom stereocenters. The largest absolute Gasteiger partial charge is 0.0990 e. The molecule has 0 saturated heterocycles. The molecule has 0 amide bonds. The van der Waals surface area contributed by atoms with E-state index in [4.69, 9.17) is 0 Å². The number of benzene rings is 1. The average Bonchev–Trinajstić information content (AvgIpc) is 2.16. The fourth-order valence-electron chi connectivity index (χ4n) is 1.16. The zero-order valence-corrected chi connectivity index (χ0v) is 7.96. The summed E-state index contributed by atoms with van der Waals surface area (Å²) in [5, 5.41) is 0. The molecule has 0 aliphatic rings. The highest BCUT2D eigenvalue weighted by Gasteiger charge is 1.94. The third kappa shape index (κ3) is 3.06. The van der Waals surface area contributed by atoms with E-state index in [0.717, 1.165) is 5.57 Å². The summed E-state index contributed by atoms with van der Waals surface area (Å²) in [5.41, 5.74) is 3.56. The lowest BCUT2D eigenvalue weighted by Crippen LogP contribution is -1.80. The predicted molar refractivity (Wildman–Crippen MR) is 66.3 cm³/mol. The van der Waals surface area contributed by atoms with Crippen LogP contribution in [0.2, 0.25) is 0 Å². The van der Waals surface area contributed by atoms with Crippen molar-refractivity contribution in [2.45, 2.75) is 14.4 Å². The maximum atomic E-state index is 3.76. The Bertz CT molecular complexity index is 326. The summed E-state index contributed by atoms with van der Waals surface area (Å²) in [6.07, 6.45) is 5.57. The van der Waals surface area contributed by atoms with Crippen molar-refractivity contribution in [3.05, 3.63) is 66.8 Å². The summed E-state index contributed by atoms with van der Waals surface area (Å²) < 4.78 is 0. The molecule has 0 spiro atoms. The minimum absolute atomic E-state index is 0. The van der Waals surface area contributed by atoms with Crippen LogP contribution in [0.4, 0.5) is 0 Å². The van der Waals surface area contributed by atoms with E-state index in [-0.39, 0.29) is 7.43 Å². The molecule has 0 fully saturated rings. The van der Waals surface area contributed by atoms with Gasteiger partial charge in [-0.15, -0.1) is 0 Å². The lowest BCUT2D eigenvalue weighted by molar-refractivity contribution is 1.45. The van der Waals surface area contributed by atoms with Crippen LogP contribution in [-0.2, 0) is 0 Å². The van der Waals surface area contributed by atoms with Crippen LogP contribution in [0.3, 0.4) is 0 Å². The number of allylic oxidation sites excluding steroid dienone is 4. The summed E-state index contributed by atoms with van der Waals surface area (Å²) in [6, 6.07) is 8.37. The van der Waals surface area contributed by atoms with E-state index in [1.807, 2.05) is 12.2 Å². The van der Waals surface area contributed by atoms with Gasteiger partial charge in [0.15, 0.2) is 0 Å². The van der Waals surface area contributed by atoms with Crippen molar-refractivity contribution >= 4 is 5.57 Å². The first kappa shape index (κ1) is 12.4. The van der Waals surface area contributed by atoms with Crippen molar-refractivity contribution in [2.24, 2.45) is 0 Å². The van der Waals surface area contributed by atoms with E-state index in [1.165, 1.54) is 11.1 Å². The molecule has 0 atom stereocenters. The van der Waals surface area contributed by atoms with Gasteiger partial charge in [-0.2, -0.15) is 0 Å². The van der Waals surface area contributed by atoms with Crippen molar-refractivity contribution in [2.75, 3.05) is 0 Å². The third-order valence-corrected chi connectivity index (χ3v) is 1.90. The van der Waals surface area contributed by atoms with Crippen molar-refractivity contribution in [3.63, 3.8) is 0 Å². The standard InChI is InChI=1S/C13H14.CH4/c1-4-6-12(5-2)13-9-7-11(3)8-10-13;/h4-10H,1-2H2,3H3;1H4/b12-6+;. The molecular formula is C14H18. The van der Waals surface area contributed by atoms with Gasteiger partial charge in [0.2, 0.25) is 0 Å². The second-order valence-corrected chi connectivity index (χ2v) is 2.93. The van der Waals surface area contributed by atoms with Crippen LogP contribution >= 0.6 is 0 Å². The minimum Gasteiger partial charge on any atom is -0.0990 e. The van der Waals surface area contributed by atoms with Gasteiger partial charge in [-0.25, -0.2) is 0 Å². The predicted octanol–water partition coefficient (Wildman–Crippen LogP) is 4.39. The van der Waals surface area contributed by atoms with Gasteiger partial charge in [-0.1, -0.05) is 68.6 Å². The highest BCUT2D eigenvalue weighted by Crippen LogP contribution is 2.15. The molecule has 0 aromatic heterocycles. The maximum Gasteiger partial charge on any atom is -0.0184 e. The van der Waals surface area contributed by atoms with E-state index in [0.29, 0.717) is 0 Å². The van der Waals surface area contributed by atoms with Crippen LogP contribution in [0.15, 0.2) is 55.7 Å². The molecule has 0 heteroatoms. The molecule has 0 aliphatic heterocycles. The molecular weight excluding hydrogens is 168 g/mol. The summed E-state index contributed by atoms with van der Waals surface area (Å²) in [4.78, 5) is 0. The molecule has 0 N–H and O–H groups in total. The van der Waals surface area contributed by atoms with Crippen LogP contribution in [0.25, 0.3) is 5.57 Å². The van der Waals surface area contributed by atoms with Crippen LogP contribution in [0.5, 0.6) is 0 Å². The molecule has 0 heterocycles. The highest BCUT2D eigenvalue weighted by atomic mass is 14.0. The molecule has 74 valence electrons. The SMILES string of the molecule is C.C=C/C=C(\C=C)c1ccc(C)cc1. The van der Waals surface area contributed by atoms with Gasteiger partial charge in [0.25, 0.3) is 0 Å². The molecule has 1 aromatic rings. The van der Waals surface area contributed by atoms with Crippen molar-refractivity contribution in [1.29, 1.82) is 0 Å². The molecule has 0 radical (unpaired) electrons. The number of rotatable bonds is 3. The number of hydrogen-bond donors (Lipinski definition) is 0. The van der Waals surface area contributed by atoms with Gasteiger partial charge < -0.3 is 0 Å². The van der Waals surface area contributed by atoms with E-state index >= 15 is 0 Å². The lowest BCUT2D eigenvalue weighted by Gasteiger charge is -2.01. The summed E-state index contributed by atoms with van der Waals surface area (Å²) in [7, 11) is 0. The van der Waals surface area contributed by atoms with Gasteiger partial charge in [0, 0.05) is 0 Å². The van der Waals surface area contributed by atoms with Crippen molar-refractivity contribution < 1.29 is 0 Å². The Morgan fingerprint density at radius 3 is 2.14 bits per heavy atom. The molecule has 14 heavy (non-hydrogen) atoms. The second kappa shape index (κ2) is 5.98. The molecule has 0 aliphatic carbocycles. The van der Waals surface area contributed by atoms with E-state index < -0.39 is 0 Å². The average molecular weight is 186 g/mol. The Balaban J connectivity index is 0.00000169. The normalized spacial score (nSPS) is 10.2. The lowest BCUT2D eigenvalue weighted by atomic mass is 10.0. The Labute approximate surface area is 87.3 Å². The first-order chi connectivity index (χ1) is 6.27. The van der Waals surface area contributed by atoms with Gasteiger partial charge in [0.1, 0.15) is 0 Å². The van der Waals surface area contributed by atoms with Gasteiger partial charge in [0.05, 0.1) is 0 Å². The fourth-order valence-corrected chi connectivity index (χ4v) is 1.16. The Morgan fingerprint density at radius 1 is 1.14 bits per heavy atom. The smallest absolute Gasteiger partial charge is 0.0184 e. The number of hydrogen-bond acceptors (Lipinski definition) is 0. The first-order valence-electron chi connectivity index (χ1n) is 4.30. The molecule has 0 nitrogen and oxygen atoms in total. The van der Waals surface area contributed by atoms with Gasteiger partial charge >= 0.3 is 0 Å². The van der Waals surface area contributed by atoms with Crippen LogP contribution in [0, 0.1) is 6.92 Å². The number of aryl methyl sites for hydroxylation is 1. The summed E-state index contributed by atoms with van der Waals surface area (Å²) in [5.74, 6) is 0. The van der Waals surface area contributed by atoms with Crippen molar-refractivity contribution in [1.82, 2.24) is 0 Å². The first-order valence-corrected chi connectivity index (χ1v) is 4.30. The summed E-state index contributed by atoms with van der Waals surface area (Å²) in [6.45, 7) is 9.51. The third-order valence-electron chi connectivity index (χ3n) is 1.90. The zero-order valence-electron chi connectivity index (χ0n) is 7.96. The van der Waals surface area contributed by atoms with Gasteiger partial charge in [-0.05, 0) is 18.1 Å². The zero-order chi connectivity index (χ0) is 9.68. The van der Waals surface area contributed by atoms with E-state index in [1.54, 1.807) is 6.08 Å². The Kier molecular flexibility index (Phi) is 5.31. The van der Waals surface area contributed by atoms with Crippen LogP contribution in [0.1, 0.15) is 18.6 Å². The van der Waals surface area contributed by atoms with Gasteiger partial charge in [-0.3, -0.25) is 0 Å². The Hall–Kier alpha value is -1.56. The van der Waals surface area contributed by atoms with Crippen molar-refractivity contribution in [3.8, 4) is 0 Å². The fraction of sp³-hybridized carbons (Fsp3) is 0.143. The Morgan fingerprint density at radius 2 is 1.71 bits per heavy atom.